The van der Waals surface area contributed by atoms with E-state index in [4.69, 9.17) is 0 Å². The highest BCUT2D eigenvalue weighted by atomic mass is 79.9. The van der Waals surface area contributed by atoms with Crippen molar-refractivity contribution in [1.29, 1.82) is 0 Å². The average Bonchev–Trinajstić information content (AvgIpc) is 2.30. The van der Waals surface area contributed by atoms with E-state index in [1.165, 1.54) is 0 Å². The summed E-state index contributed by atoms with van der Waals surface area (Å²) >= 11 is 3.35. The fourth-order valence-corrected chi connectivity index (χ4v) is 1.80. The summed E-state index contributed by atoms with van der Waals surface area (Å²) in [6, 6.07) is 5.70. The average molecular weight is 285 g/mol. The molecule has 1 heterocycles. The summed E-state index contributed by atoms with van der Waals surface area (Å²) in [5, 5.41) is 3.89. The minimum atomic E-state index is -0.0160. The summed E-state index contributed by atoms with van der Waals surface area (Å²) in [5.74, 6) is 0.0964. The lowest BCUT2D eigenvalue weighted by atomic mass is 10.2. The van der Waals surface area contributed by atoms with Gasteiger partial charge in [-0.2, -0.15) is 0 Å². The molecule has 0 aliphatic rings. The lowest BCUT2D eigenvalue weighted by Gasteiger charge is -2.12. The van der Waals surface area contributed by atoms with E-state index in [0.717, 1.165) is 23.9 Å². The summed E-state index contributed by atoms with van der Waals surface area (Å²) in [5.41, 5.74) is 0.899. The van der Waals surface area contributed by atoms with Crippen LogP contribution in [0.1, 0.15) is 37.9 Å². The molecule has 0 unspecified atom stereocenters. The van der Waals surface area contributed by atoms with Crippen molar-refractivity contribution in [1.82, 2.24) is 10.3 Å². The second-order valence-electron chi connectivity index (χ2n) is 3.69. The number of amides is 1. The Morgan fingerprint density at radius 2 is 2.31 bits per heavy atom. The minimum Gasteiger partial charge on any atom is -0.348 e. The van der Waals surface area contributed by atoms with Crippen LogP contribution in [-0.4, -0.2) is 16.2 Å². The van der Waals surface area contributed by atoms with E-state index >= 15 is 0 Å². The van der Waals surface area contributed by atoms with E-state index in [0.29, 0.717) is 6.42 Å². The summed E-state index contributed by atoms with van der Waals surface area (Å²) in [6.45, 7) is 1.95. The number of alkyl halides is 1. The van der Waals surface area contributed by atoms with Crippen molar-refractivity contribution in [3.63, 3.8) is 0 Å². The molecule has 16 heavy (non-hydrogen) atoms. The van der Waals surface area contributed by atoms with Crippen LogP contribution in [0.4, 0.5) is 0 Å². The molecular weight excluding hydrogens is 268 g/mol. The highest BCUT2D eigenvalue weighted by Gasteiger charge is 2.09. The Labute approximate surface area is 105 Å². The fourth-order valence-electron chi connectivity index (χ4n) is 1.40. The van der Waals surface area contributed by atoms with Crippen molar-refractivity contribution in [2.45, 2.75) is 32.2 Å². The van der Waals surface area contributed by atoms with Gasteiger partial charge in [-0.3, -0.25) is 9.78 Å². The first kappa shape index (κ1) is 13.2. The molecule has 4 heteroatoms. The number of nitrogens with one attached hydrogen (secondary N) is 1. The number of nitrogens with zero attached hydrogens (tertiary/aromatic N) is 1. The number of hydrogen-bond acceptors (Lipinski definition) is 2. The molecule has 1 aromatic heterocycles. The molecule has 0 radical (unpaired) electrons. The summed E-state index contributed by atoms with van der Waals surface area (Å²) in [7, 11) is 0. The van der Waals surface area contributed by atoms with Crippen molar-refractivity contribution in [2.24, 2.45) is 0 Å². The quantitative estimate of drug-likeness (QED) is 0.645. The maximum atomic E-state index is 11.5. The molecule has 3 nitrogen and oxygen atoms in total. The highest BCUT2D eigenvalue weighted by molar-refractivity contribution is 9.09. The number of halogens is 1. The number of carbonyl (C=O) groups excluding carboxylic acids is 1. The lowest BCUT2D eigenvalue weighted by molar-refractivity contribution is -0.121. The number of hydrogen-bond donors (Lipinski definition) is 1. The molecule has 0 aliphatic heterocycles. The third kappa shape index (κ3) is 4.75. The summed E-state index contributed by atoms with van der Waals surface area (Å²) < 4.78 is 0. The maximum Gasteiger partial charge on any atom is 0.220 e. The Morgan fingerprint density at radius 3 is 2.94 bits per heavy atom. The molecule has 0 aliphatic carbocycles. The number of carbonyl (C=O) groups is 1. The van der Waals surface area contributed by atoms with Crippen LogP contribution in [0, 0.1) is 0 Å². The predicted octanol–water partition coefficient (Wildman–Crippen LogP) is 2.82. The molecule has 88 valence electrons. The van der Waals surface area contributed by atoms with Crippen molar-refractivity contribution < 1.29 is 4.79 Å². The van der Waals surface area contributed by atoms with E-state index < -0.39 is 0 Å². The molecule has 1 N–H and O–H groups in total. The highest BCUT2D eigenvalue weighted by Crippen LogP contribution is 2.08. The standard InChI is InChI=1S/C12H17BrN2O/c1-10(11-6-3-5-9-14-11)15-12(16)7-2-4-8-13/h3,5-6,9-10H,2,4,7-8H2,1H3,(H,15,16)/t10-/m0/s1. The van der Waals surface area contributed by atoms with Gasteiger partial charge in [-0.25, -0.2) is 0 Å². The topological polar surface area (TPSA) is 42.0 Å². The van der Waals surface area contributed by atoms with Crippen LogP contribution in [0.3, 0.4) is 0 Å². The SMILES string of the molecule is C[C@H](NC(=O)CCCCBr)c1ccccn1. The van der Waals surface area contributed by atoms with Gasteiger partial charge in [0.05, 0.1) is 11.7 Å². The van der Waals surface area contributed by atoms with Gasteiger partial charge in [-0.15, -0.1) is 0 Å². The van der Waals surface area contributed by atoms with E-state index in [2.05, 4.69) is 26.2 Å². The van der Waals surface area contributed by atoms with Gasteiger partial charge in [0.1, 0.15) is 0 Å². The summed E-state index contributed by atoms with van der Waals surface area (Å²) in [6.07, 6.45) is 4.28. The molecule has 1 aromatic rings. The zero-order chi connectivity index (χ0) is 11.8. The van der Waals surface area contributed by atoms with Gasteiger partial charge in [-0.1, -0.05) is 22.0 Å². The minimum absolute atomic E-state index is 0.0160. The van der Waals surface area contributed by atoms with Gasteiger partial charge in [0.2, 0.25) is 5.91 Å². The van der Waals surface area contributed by atoms with Gasteiger partial charge >= 0.3 is 0 Å². The van der Waals surface area contributed by atoms with Crippen molar-refractivity contribution in [3.8, 4) is 0 Å². The lowest BCUT2D eigenvalue weighted by Crippen LogP contribution is -2.26. The van der Waals surface area contributed by atoms with Gasteiger partial charge in [0, 0.05) is 17.9 Å². The molecule has 1 atom stereocenters. The second kappa shape index (κ2) is 7.39. The normalized spacial score (nSPS) is 12.1. The monoisotopic (exact) mass is 284 g/mol. The van der Waals surface area contributed by atoms with Crippen LogP contribution >= 0.6 is 15.9 Å². The molecule has 0 spiro atoms. The molecule has 0 saturated carbocycles. The Kier molecular flexibility index (Phi) is 6.08. The van der Waals surface area contributed by atoms with Crippen LogP contribution in [0.25, 0.3) is 0 Å². The van der Waals surface area contributed by atoms with E-state index in [1.807, 2.05) is 25.1 Å². The molecular formula is C12H17BrN2O. The number of rotatable bonds is 6. The van der Waals surface area contributed by atoms with E-state index in [-0.39, 0.29) is 11.9 Å². The number of pyridine rings is 1. The summed E-state index contributed by atoms with van der Waals surface area (Å²) in [4.78, 5) is 15.8. The first-order valence-electron chi connectivity index (χ1n) is 5.50. The Bertz CT molecular complexity index is 316. The first-order valence-corrected chi connectivity index (χ1v) is 6.62. The fraction of sp³-hybridized carbons (Fsp3) is 0.500. The van der Waals surface area contributed by atoms with Gasteiger partial charge in [0.25, 0.3) is 0 Å². The van der Waals surface area contributed by atoms with Gasteiger partial charge in [0.15, 0.2) is 0 Å². The third-order valence-electron chi connectivity index (χ3n) is 2.30. The maximum absolute atomic E-state index is 11.5. The van der Waals surface area contributed by atoms with Crippen LogP contribution in [0.15, 0.2) is 24.4 Å². The van der Waals surface area contributed by atoms with Gasteiger partial charge in [-0.05, 0) is 31.9 Å². The van der Waals surface area contributed by atoms with Crippen LogP contribution in [0.5, 0.6) is 0 Å². The van der Waals surface area contributed by atoms with Crippen LogP contribution in [-0.2, 0) is 4.79 Å². The number of aromatic nitrogens is 1. The molecule has 0 bridgehead atoms. The second-order valence-corrected chi connectivity index (χ2v) is 4.48. The Morgan fingerprint density at radius 1 is 1.50 bits per heavy atom. The molecule has 1 rings (SSSR count). The number of unbranched alkanes of at least 4 members (excludes halogenated alkanes) is 1. The van der Waals surface area contributed by atoms with Crippen molar-refractivity contribution in [3.05, 3.63) is 30.1 Å². The zero-order valence-corrected chi connectivity index (χ0v) is 11.0. The first-order chi connectivity index (χ1) is 7.74. The van der Waals surface area contributed by atoms with Crippen molar-refractivity contribution in [2.75, 3.05) is 5.33 Å². The molecule has 0 fully saturated rings. The molecule has 0 saturated heterocycles. The van der Waals surface area contributed by atoms with Crippen molar-refractivity contribution >= 4 is 21.8 Å². The van der Waals surface area contributed by atoms with Crippen LogP contribution < -0.4 is 5.32 Å². The Balaban J connectivity index is 2.34. The molecule has 1 amide bonds. The third-order valence-corrected chi connectivity index (χ3v) is 2.86. The zero-order valence-electron chi connectivity index (χ0n) is 9.45. The van der Waals surface area contributed by atoms with E-state index in [1.54, 1.807) is 6.20 Å². The van der Waals surface area contributed by atoms with E-state index in [9.17, 15) is 4.79 Å². The van der Waals surface area contributed by atoms with Crippen LogP contribution in [0.2, 0.25) is 0 Å². The largest absolute Gasteiger partial charge is 0.348 e. The smallest absolute Gasteiger partial charge is 0.220 e. The van der Waals surface area contributed by atoms with Gasteiger partial charge < -0.3 is 5.32 Å². The molecule has 0 aromatic carbocycles. The predicted molar refractivity (Wildman–Crippen MR) is 68.4 cm³/mol. The Hall–Kier alpha value is -0.900.